The number of phenolic OH excluding ortho intramolecular Hbond substituents is 1. The van der Waals surface area contributed by atoms with E-state index in [2.05, 4.69) is 5.32 Å². The lowest BCUT2D eigenvalue weighted by atomic mass is 9.95. The summed E-state index contributed by atoms with van der Waals surface area (Å²) in [5, 5.41) is 12.7. The predicted molar refractivity (Wildman–Crippen MR) is 108 cm³/mol. The topological polar surface area (TPSA) is 103 Å². The first-order valence-corrected chi connectivity index (χ1v) is 9.62. The first kappa shape index (κ1) is 21.3. The number of nitrogens with one attached hydrogen (secondary N) is 1. The number of carbonyl (C=O) groups excluding carboxylic acids is 2. The number of fused-ring (bicyclic) bond motifs is 1. The largest absolute Gasteiger partial charge is 0.507 e. The summed E-state index contributed by atoms with van der Waals surface area (Å²) in [6.45, 7) is 4.44. The first-order chi connectivity index (χ1) is 14.4. The molecule has 0 aromatic heterocycles. The molecule has 0 saturated carbocycles. The number of methoxy groups -OCH3 is 1. The van der Waals surface area contributed by atoms with Crippen molar-refractivity contribution in [2.75, 3.05) is 26.9 Å². The second kappa shape index (κ2) is 9.39. The normalized spacial score (nSPS) is 13.5. The van der Waals surface area contributed by atoms with E-state index < -0.39 is 18.5 Å². The van der Waals surface area contributed by atoms with Crippen LogP contribution in [-0.2, 0) is 9.53 Å². The van der Waals surface area contributed by atoms with E-state index in [1.807, 2.05) is 32.0 Å². The van der Waals surface area contributed by atoms with Gasteiger partial charge in [-0.2, -0.15) is 0 Å². The molecule has 0 bridgehead atoms. The number of amides is 1. The molecule has 0 spiro atoms. The van der Waals surface area contributed by atoms with Crippen molar-refractivity contribution in [3.63, 3.8) is 0 Å². The summed E-state index contributed by atoms with van der Waals surface area (Å²) in [6, 6.07) is 9.42. The van der Waals surface area contributed by atoms with Crippen molar-refractivity contribution in [3.8, 4) is 23.0 Å². The number of esters is 1. The van der Waals surface area contributed by atoms with Crippen LogP contribution in [0.5, 0.6) is 23.0 Å². The van der Waals surface area contributed by atoms with Crippen molar-refractivity contribution in [1.29, 1.82) is 0 Å². The molecule has 0 saturated heterocycles. The SMILES string of the molecule is COc1ccc(O)c(C(=O)OCC(=O)NC(c2ccc3c(c2)OCCO3)C(C)C)c1. The Morgan fingerprint density at radius 1 is 1.10 bits per heavy atom. The highest BCUT2D eigenvalue weighted by molar-refractivity contribution is 5.94. The third-order valence-corrected chi connectivity index (χ3v) is 4.67. The van der Waals surface area contributed by atoms with Crippen molar-refractivity contribution in [2.45, 2.75) is 19.9 Å². The Morgan fingerprint density at radius 2 is 1.83 bits per heavy atom. The van der Waals surface area contributed by atoms with Crippen molar-refractivity contribution < 1.29 is 33.6 Å². The van der Waals surface area contributed by atoms with Gasteiger partial charge in [-0.25, -0.2) is 4.79 Å². The van der Waals surface area contributed by atoms with Gasteiger partial charge < -0.3 is 29.4 Å². The molecule has 2 aromatic carbocycles. The van der Waals surface area contributed by atoms with Gasteiger partial charge in [0.1, 0.15) is 30.3 Å². The average Bonchev–Trinajstić information content (AvgIpc) is 2.75. The number of carbonyl (C=O) groups is 2. The molecule has 30 heavy (non-hydrogen) atoms. The summed E-state index contributed by atoms with van der Waals surface area (Å²) < 4.78 is 21.3. The molecule has 160 valence electrons. The second-order valence-electron chi connectivity index (χ2n) is 7.15. The first-order valence-electron chi connectivity index (χ1n) is 9.62. The summed E-state index contributed by atoms with van der Waals surface area (Å²) >= 11 is 0. The van der Waals surface area contributed by atoms with Crippen molar-refractivity contribution in [1.82, 2.24) is 5.32 Å². The second-order valence-corrected chi connectivity index (χ2v) is 7.15. The molecule has 1 unspecified atom stereocenters. The molecule has 1 atom stereocenters. The molecule has 8 heteroatoms. The molecule has 1 amide bonds. The van der Waals surface area contributed by atoms with Crippen LogP contribution in [0.15, 0.2) is 36.4 Å². The molecule has 1 heterocycles. The van der Waals surface area contributed by atoms with Crippen LogP contribution in [-0.4, -0.2) is 43.9 Å². The molecule has 2 N–H and O–H groups in total. The molecule has 0 fully saturated rings. The van der Waals surface area contributed by atoms with Crippen LogP contribution in [0.3, 0.4) is 0 Å². The fraction of sp³-hybridized carbons (Fsp3) is 0.364. The highest BCUT2D eigenvalue weighted by atomic mass is 16.6. The summed E-state index contributed by atoms with van der Waals surface area (Å²) in [5.41, 5.74) is 0.786. The van der Waals surface area contributed by atoms with Gasteiger partial charge in [-0.1, -0.05) is 19.9 Å². The molecule has 2 aromatic rings. The number of ether oxygens (including phenoxy) is 4. The third-order valence-electron chi connectivity index (χ3n) is 4.67. The highest BCUT2D eigenvalue weighted by Crippen LogP contribution is 2.34. The van der Waals surface area contributed by atoms with Crippen molar-refractivity contribution >= 4 is 11.9 Å². The summed E-state index contributed by atoms with van der Waals surface area (Å²) in [7, 11) is 1.44. The quantitative estimate of drug-likeness (QED) is 0.670. The van der Waals surface area contributed by atoms with Crippen molar-refractivity contribution in [3.05, 3.63) is 47.5 Å². The van der Waals surface area contributed by atoms with Crippen LogP contribution < -0.4 is 19.5 Å². The minimum Gasteiger partial charge on any atom is -0.507 e. The monoisotopic (exact) mass is 415 g/mol. The van der Waals surface area contributed by atoms with Crippen molar-refractivity contribution in [2.24, 2.45) is 5.92 Å². The van der Waals surface area contributed by atoms with E-state index in [0.717, 1.165) is 5.56 Å². The van der Waals surface area contributed by atoms with E-state index in [0.29, 0.717) is 30.5 Å². The van der Waals surface area contributed by atoms with E-state index in [4.69, 9.17) is 18.9 Å². The Morgan fingerprint density at radius 3 is 2.53 bits per heavy atom. The number of rotatable bonds is 7. The standard InChI is InChI=1S/C22H25NO7/c1-13(2)21(14-4-7-18-19(10-14)29-9-8-28-18)23-20(25)12-30-22(26)16-11-15(27-3)5-6-17(16)24/h4-7,10-11,13,21,24H,8-9,12H2,1-3H3,(H,23,25). The Labute approximate surface area is 174 Å². The summed E-state index contributed by atoms with van der Waals surface area (Å²) in [6.07, 6.45) is 0. The molecule has 8 nitrogen and oxygen atoms in total. The fourth-order valence-corrected chi connectivity index (χ4v) is 3.12. The number of aromatic hydroxyl groups is 1. The molecule has 3 rings (SSSR count). The van der Waals surface area contributed by atoms with Crippen LogP contribution in [0, 0.1) is 5.92 Å². The lowest BCUT2D eigenvalue weighted by Crippen LogP contribution is -2.35. The van der Waals surface area contributed by atoms with E-state index in [1.165, 1.54) is 25.3 Å². The van der Waals surface area contributed by atoms with Crippen LogP contribution in [0.1, 0.15) is 35.8 Å². The maximum absolute atomic E-state index is 12.4. The maximum Gasteiger partial charge on any atom is 0.342 e. The minimum absolute atomic E-state index is 0.0746. The van der Waals surface area contributed by atoms with Crippen LogP contribution >= 0.6 is 0 Å². The zero-order valence-corrected chi connectivity index (χ0v) is 17.1. The Hall–Kier alpha value is -3.42. The average molecular weight is 415 g/mol. The Bertz CT molecular complexity index is 926. The minimum atomic E-state index is -0.818. The van der Waals surface area contributed by atoms with Gasteiger partial charge in [-0.3, -0.25) is 4.79 Å². The number of benzene rings is 2. The van der Waals surface area contributed by atoms with E-state index >= 15 is 0 Å². The molecular formula is C22H25NO7. The Kier molecular flexibility index (Phi) is 6.66. The maximum atomic E-state index is 12.4. The van der Waals surface area contributed by atoms with E-state index in [9.17, 15) is 14.7 Å². The molecule has 0 radical (unpaired) electrons. The zero-order valence-electron chi connectivity index (χ0n) is 17.1. The number of hydrogen-bond donors (Lipinski definition) is 2. The lowest BCUT2D eigenvalue weighted by Gasteiger charge is -2.25. The number of phenols is 1. The zero-order chi connectivity index (χ0) is 21.7. The van der Waals surface area contributed by atoms with Gasteiger partial charge in [-0.15, -0.1) is 0 Å². The molecular weight excluding hydrogens is 390 g/mol. The van der Waals surface area contributed by atoms with Crippen LogP contribution in [0.25, 0.3) is 0 Å². The van der Waals surface area contributed by atoms with Crippen LogP contribution in [0.2, 0.25) is 0 Å². The fourth-order valence-electron chi connectivity index (χ4n) is 3.12. The Balaban J connectivity index is 1.64. The molecule has 1 aliphatic rings. The van der Waals surface area contributed by atoms with Gasteiger partial charge in [-0.05, 0) is 41.8 Å². The lowest BCUT2D eigenvalue weighted by molar-refractivity contribution is -0.125. The molecule has 0 aliphatic carbocycles. The van der Waals surface area contributed by atoms with Gasteiger partial charge in [0.25, 0.3) is 5.91 Å². The van der Waals surface area contributed by atoms with Gasteiger partial charge in [0.15, 0.2) is 18.1 Å². The summed E-state index contributed by atoms with van der Waals surface area (Å²) in [4.78, 5) is 24.7. The van der Waals surface area contributed by atoms with Gasteiger partial charge in [0.2, 0.25) is 0 Å². The predicted octanol–water partition coefficient (Wildman–Crippen LogP) is 2.84. The summed E-state index contributed by atoms with van der Waals surface area (Å²) in [5.74, 6) is 0.251. The van der Waals surface area contributed by atoms with Gasteiger partial charge in [0.05, 0.1) is 13.2 Å². The number of hydrogen-bond acceptors (Lipinski definition) is 7. The van der Waals surface area contributed by atoms with Crippen LogP contribution in [0.4, 0.5) is 0 Å². The third kappa shape index (κ3) is 4.94. The molecule has 1 aliphatic heterocycles. The highest BCUT2D eigenvalue weighted by Gasteiger charge is 2.22. The van der Waals surface area contributed by atoms with E-state index in [-0.39, 0.29) is 23.3 Å². The smallest absolute Gasteiger partial charge is 0.342 e. The van der Waals surface area contributed by atoms with Gasteiger partial charge >= 0.3 is 5.97 Å². The van der Waals surface area contributed by atoms with E-state index in [1.54, 1.807) is 0 Å². The van der Waals surface area contributed by atoms with Gasteiger partial charge in [0, 0.05) is 0 Å².